The smallest absolute Gasteiger partial charge is 0.218 e. The van der Waals surface area contributed by atoms with Crippen molar-refractivity contribution in [3.63, 3.8) is 0 Å². The van der Waals surface area contributed by atoms with Crippen LogP contribution in [0.1, 0.15) is 0 Å². The molecule has 0 atom stereocenters. The number of aromatic nitrogens is 2. The third-order valence-corrected chi connectivity index (χ3v) is 3.63. The van der Waals surface area contributed by atoms with Gasteiger partial charge in [0.05, 0.1) is 11.2 Å². The molecule has 94 valence electrons. The van der Waals surface area contributed by atoms with Gasteiger partial charge in [-0.1, -0.05) is 39.7 Å². The van der Waals surface area contributed by atoms with Gasteiger partial charge in [0.15, 0.2) is 0 Å². The molecule has 0 spiro atoms. The fraction of sp³-hybridized carbons (Fsp3) is 0. The summed E-state index contributed by atoms with van der Waals surface area (Å²) in [5.41, 5.74) is 2.50. The Morgan fingerprint density at radius 3 is 2.58 bits per heavy atom. The van der Waals surface area contributed by atoms with E-state index in [0.717, 1.165) is 26.6 Å². The first-order chi connectivity index (χ1) is 9.13. The van der Waals surface area contributed by atoms with Gasteiger partial charge in [-0.2, -0.15) is 0 Å². The van der Waals surface area contributed by atoms with Crippen molar-refractivity contribution in [3.05, 3.63) is 57.2 Å². The molecule has 19 heavy (non-hydrogen) atoms. The Morgan fingerprint density at radius 2 is 1.79 bits per heavy atom. The minimum absolute atomic E-state index is 0.227. The fourth-order valence-corrected chi connectivity index (χ4v) is 2.66. The summed E-state index contributed by atoms with van der Waals surface area (Å²) in [7, 11) is 0. The summed E-state index contributed by atoms with van der Waals surface area (Å²) < 4.78 is 0.967. The SMILES string of the molecule is Clc1cccc(-c2nc(Cl)nc3ccc(Br)cc23)c1. The Balaban J connectivity index is 2.36. The van der Waals surface area contributed by atoms with Crippen LogP contribution < -0.4 is 0 Å². The average Bonchev–Trinajstić information content (AvgIpc) is 2.38. The van der Waals surface area contributed by atoms with Gasteiger partial charge in [-0.05, 0) is 41.9 Å². The maximum atomic E-state index is 6.03. The largest absolute Gasteiger partial charge is 0.223 e. The monoisotopic (exact) mass is 352 g/mol. The minimum atomic E-state index is 0.227. The molecule has 0 saturated carbocycles. The second-order valence-electron chi connectivity index (χ2n) is 4.01. The van der Waals surface area contributed by atoms with Gasteiger partial charge >= 0.3 is 0 Å². The third-order valence-electron chi connectivity index (χ3n) is 2.73. The highest BCUT2D eigenvalue weighted by molar-refractivity contribution is 9.10. The fourth-order valence-electron chi connectivity index (χ4n) is 1.93. The highest BCUT2D eigenvalue weighted by Crippen LogP contribution is 2.30. The van der Waals surface area contributed by atoms with Crippen molar-refractivity contribution < 1.29 is 0 Å². The molecule has 0 fully saturated rings. The van der Waals surface area contributed by atoms with Crippen LogP contribution in [0.25, 0.3) is 22.2 Å². The number of hydrogen-bond acceptors (Lipinski definition) is 2. The molecule has 0 saturated heterocycles. The lowest BCUT2D eigenvalue weighted by atomic mass is 10.1. The molecule has 0 aliphatic heterocycles. The molecule has 2 nitrogen and oxygen atoms in total. The lowest BCUT2D eigenvalue weighted by molar-refractivity contribution is 1.22. The summed E-state index contributed by atoms with van der Waals surface area (Å²) in [5, 5.41) is 1.82. The molecular weight excluding hydrogens is 347 g/mol. The van der Waals surface area contributed by atoms with Gasteiger partial charge < -0.3 is 0 Å². The van der Waals surface area contributed by atoms with Crippen molar-refractivity contribution in [3.8, 4) is 11.3 Å². The Labute approximate surface area is 128 Å². The van der Waals surface area contributed by atoms with Gasteiger partial charge in [0.2, 0.25) is 5.28 Å². The Morgan fingerprint density at radius 1 is 0.947 bits per heavy atom. The van der Waals surface area contributed by atoms with Crippen LogP contribution in [-0.2, 0) is 0 Å². The van der Waals surface area contributed by atoms with Crippen molar-refractivity contribution >= 4 is 50.0 Å². The highest BCUT2D eigenvalue weighted by atomic mass is 79.9. The lowest BCUT2D eigenvalue weighted by Crippen LogP contribution is -1.91. The standard InChI is InChI=1S/C14H7BrCl2N2/c15-9-4-5-12-11(7-9)13(19-14(17)18-12)8-2-1-3-10(16)6-8/h1-7H. The molecular formula is C14H7BrCl2N2. The van der Waals surface area contributed by atoms with Crippen LogP contribution in [0.3, 0.4) is 0 Å². The van der Waals surface area contributed by atoms with E-state index in [9.17, 15) is 0 Å². The Hall–Kier alpha value is -1.16. The molecule has 0 aliphatic rings. The van der Waals surface area contributed by atoms with E-state index in [2.05, 4.69) is 25.9 Å². The van der Waals surface area contributed by atoms with E-state index in [0.29, 0.717) is 5.02 Å². The van der Waals surface area contributed by atoms with E-state index in [1.165, 1.54) is 0 Å². The summed E-state index contributed by atoms with van der Waals surface area (Å²) in [6.07, 6.45) is 0. The summed E-state index contributed by atoms with van der Waals surface area (Å²) in [4.78, 5) is 8.55. The molecule has 2 aromatic carbocycles. The zero-order valence-corrected chi connectivity index (χ0v) is 12.7. The summed E-state index contributed by atoms with van der Waals surface area (Å²) >= 11 is 15.5. The van der Waals surface area contributed by atoms with E-state index in [4.69, 9.17) is 23.2 Å². The number of rotatable bonds is 1. The van der Waals surface area contributed by atoms with Crippen molar-refractivity contribution in [2.24, 2.45) is 0 Å². The summed E-state index contributed by atoms with van der Waals surface area (Å²) in [6.45, 7) is 0. The topological polar surface area (TPSA) is 25.8 Å². The van der Waals surface area contributed by atoms with Gasteiger partial charge in [0.1, 0.15) is 0 Å². The molecule has 5 heteroatoms. The number of halogens is 3. The first-order valence-corrected chi connectivity index (χ1v) is 7.07. The highest BCUT2D eigenvalue weighted by Gasteiger charge is 2.09. The van der Waals surface area contributed by atoms with Crippen LogP contribution in [0.5, 0.6) is 0 Å². The van der Waals surface area contributed by atoms with Crippen LogP contribution in [0, 0.1) is 0 Å². The third kappa shape index (κ3) is 2.59. The van der Waals surface area contributed by atoms with Crippen LogP contribution in [0.2, 0.25) is 10.3 Å². The normalized spacial score (nSPS) is 10.9. The van der Waals surface area contributed by atoms with Gasteiger partial charge in [-0.15, -0.1) is 0 Å². The van der Waals surface area contributed by atoms with Gasteiger partial charge in [-0.25, -0.2) is 9.97 Å². The summed E-state index contributed by atoms with van der Waals surface area (Å²) in [5.74, 6) is 0. The number of benzene rings is 2. The lowest BCUT2D eigenvalue weighted by Gasteiger charge is -2.07. The zero-order valence-electron chi connectivity index (χ0n) is 9.57. The van der Waals surface area contributed by atoms with Gasteiger partial charge in [-0.3, -0.25) is 0 Å². The van der Waals surface area contributed by atoms with Crippen molar-refractivity contribution in [2.45, 2.75) is 0 Å². The second kappa shape index (κ2) is 5.08. The molecule has 3 aromatic rings. The maximum absolute atomic E-state index is 6.03. The predicted molar refractivity (Wildman–Crippen MR) is 82.7 cm³/mol. The molecule has 0 amide bonds. The minimum Gasteiger partial charge on any atom is -0.218 e. The van der Waals surface area contributed by atoms with Crippen LogP contribution in [0.15, 0.2) is 46.9 Å². The average molecular weight is 354 g/mol. The van der Waals surface area contributed by atoms with E-state index in [1.807, 2.05) is 42.5 Å². The number of fused-ring (bicyclic) bond motifs is 1. The van der Waals surface area contributed by atoms with Crippen LogP contribution >= 0.6 is 39.1 Å². The van der Waals surface area contributed by atoms with E-state index < -0.39 is 0 Å². The Kier molecular flexibility index (Phi) is 3.44. The molecule has 0 N–H and O–H groups in total. The molecule has 0 unspecified atom stereocenters. The van der Waals surface area contributed by atoms with Crippen molar-refractivity contribution in [2.75, 3.05) is 0 Å². The number of hydrogen-bond donors (Lipinski definition) is 0. The molecule has 0 aliphatic carbocycles. The predicted octanol–water partition coefficient (Wildman–Crippen LogP) is 5.37. The summed E-state index contributed by atoms with van der Waals surface area (Å²) in [6, 6.07) is 13.3. The maximum Gasteiger partial charge on any atom is 0.223 e. The van der Waals surface area contributed by atoms with Crippen LogP contribution in [0.4, 0.5) is 0 Å². The Bertz CT molecular complexity index is 774. The van der Waals surface area contributed by atoms with Crippen LogP contribution in [-0.4, -0.2) is 9.97 Å². The quantitative estimate of drug-likeness (QED) is 0.550. The van der Waals surface area contributed by atoms with Crippen molar-refractivity contribution in [1.29, 1.82) is 0 Å². The first kappa shape index (κ1) is 12.9. The molecule has 0 bridgehead atoms. The molecule has 3 rings (SSSR count). The van der Waals surface area contributed by atoms with Crippen molar-refractivity contribution in [1.82, 2.24) is 9.97 Å². The van der Waals surface area contributed by atoms with E-state index in [1.54, 1.807) is 0 Å². The molecule has 1 heterocycles. The molecule has 0 radical (unpaired) electrons. The van der Waals surface area contributed by atoms with E-state index >= 15 is 0 Å². The molecule has 1 aromatic heterocycles. The first-order valence-electron chi connectivity index (χ1n) is 5.52. The zero-order chi connectivity index (χ0) is 13.4. The van der Waals surface area contributed by atoms with Gasteiger partial charge in [0, 0.05) is 20.4 Å². The number of nitrogens with zero attached hydrogens (tertiary/aromatic N) is 2. The van der Waals surface area contributed by atoms with E-state index in [-0.39, 0.29) is 5.28 Å². The second-order valence-corrected chi connectivity index (χ2v) is 5.70. The van der Waals surface area contributed by atoms with Gasteiger partial charge in [0.25, 0.3) is 0 Å².